The van der Waals surface area contributed by atoms with Crippen molar-refractivity contribution in [1.82, 2.24) is 0 Å². The van der Waals surface area contributed by atoms with Gasteiger partial charge in [-0.1, -0.05) is 42.5 Å². The van der Waals surface area contributed by atoms with Gasteiger partial charge in [-0.3, -0.25) is 4.79 Å². The van der Waals surface area contributed by atoms with Crippen LogP contribution in [0.4, 0.5) is 0 Å². The Morgan fingerprint density at radius 3 is 2.43 bits per heavy atom. The number of ether oxygens (including phenoxy) is 1. The third-order valence-electron chi connectivity index (χ3n) is 3.82. The summed E-state index contributed by atoms with van der Waals surface area (Å²) in [6.45, 7) is 1.64. The molecule has 0 aliphatic heterocycles. The summed E-state index contributed by atoms with van der Waals surface area (Å²) in [4.78, 5) is 23.0. The van der Waals surface area contributed by atoms with Crippen LogP contribution in [0, 0.1) is 5.41 Å². The maximum Gasteiger partial charge on any atom is 0.336 e. The number of aliphatic carboxylic acids is 2. The molecule has 0 heterocycles. The molecule has 0 aromatic heterocycles. The average molecular weight is 290 g/mol. The van der Waals surface area contributed by atoms with Gasteiger partial charge in [0.1, 0.15) is 0 Å². The molecule has 0 amide bonds. The molecule has 112 valence electrons. The summed E-state index contributed by atoms with van der Waals surface area (Å²) in [6.07, 6.45) is 3.20. The highest BCUT2D eigenvalue weighted by Crippen LogP contribution is 2.40. The molecule has 1 aromatic carbocycles. The van der Waals surface area contributed by atoms with E-state index < -0.39 is 23.0 Å². The Morgan fingerprint density at radius 2 is 1.86 bits per heavy atom. The number of carboxylic acids is 2. The molecule has 0 radical (unpaired) electrons. The predicted molar refractivity (Wildman–Crippen MR) is 75.7 cm³/mol. The SMILES string of the molecule is CC1(C(=O)O)C=CCC(OCc2ccccc2)(C(=O)O)C1. The van der Waals surface area contributed by atoms with Crippen LogP contribution < -0.4 is 0 Å². The summed E-state index contributed by atoms with van der Waals surface area (Å²) in [5, 5.41) is 18.8. The second-order valence-electron chi connectivity index (χ2n) is 5.58. The molecule has 2 unspecified atom stereocenters. The maximum absolute atomic E-state index is 11.7. The van der Waals surface area contributed by atoms with E-state index in [1.807, 2.05) is 30.3 Å². The first-order valence-electron chi connectivity index (χ1n) is 6.70. The zero-order chi connectivity index (χ0) is 15.5. The van der Waals surface area contributed by atoms with E-state index in [2.05, 4.69) is 0 Å². The van der Waals surface area contributed by atoms with Crippen LogP contribution >= 0.6 is 0 Å². The fourth-order valence-corrected chi connectivity index (χ4v) is 2.51. The molecule has 0 fully saturated rings. The normalized spacial score (nSPS) is 28.2. The molecule has 1 aromatic rings. The molecule has 0 saturated heterocycles. The number of hydrogen-bond donors (Lipinski definition) is 2. The Balaban J connectivity index is 2.20. The molecule has 2 rings (SSSR count). The monoisotopic (exact) mass is 290 g/mol. The Labute approximate surface area is 122 Å². The zero-order valence-corrected chi connectivity index (χ0v) is 11.8. The van der Waals surface area contributed by atoms with Gasteiger partial charge in [-0.05, 0) is 12.5 Å². The third kappa shape index (κ3) is 3.13. The van der Waals surface area contributed by atoms with Crippen molar-refractivity contribution >= 4 is 11.9 Å². The van der Waals surface area contributed by atoms with Crippen molar-refractivity contribution in [3.8, 4) is 0 Å². The first-order valence-corrected chi connectivity index (χ1v) is 6.70. The lowest BCUT2D eigenvalue weighted by Gasteiger charge is -2.37. The van der Waals surface area contributed by atoms with Crippen molar-refractivity contribution in [2.45, 2.75) is 32.0 Å². The van der Waals surface area contributed by atoms with Crippen molar-refractivity contribution in [2.75, 3.05) is 0 Å². The summed E-state index contributed by atoms with van der Waals surface area (Å²) in [7, 11) is 0. The van der Waals surface area contributed by atoms with Gasteiger partial charge in [0.05, 0.1) is 12.0 Å². The van der Waals surface area contributed by atoms with E-state index in [1.54, 1.807) is 12.2 Å². The summed E-state index contributed by atoms with van der Waals surface area (Å²) in [5.74, 6) is -2.18. The Morgan fingerprint density at radius 1 is 1.19 bits per heavy atom. The minimum Gasteiger partial charge on any atom is -0.481 e. The lowest BCUT2D eigenvalue weighted by molar-refractivity contribution is -0.176. The van der Waals surface area contributed by atoms with Crippen LogP contribution in [0.1, 0.15) is 25.3 Å². The molecule has 21 heavy (non-hydrogen) atoms. The second-order valence-corrected chi connectivity index (χ2v) is 5.58. The lowest BCUT2D eigenvalue weighted by Crippen LogP contribution is -2.49. The smallest absolute Gasteiger partial charge is 0.336 e. The van der Waals surface area contributed by atoms with Gasteiger partial charge >= 0.3 is 11.9 Å². The van der Waals surface area contributed by atoms with Crippen molar-refractivity contribution in [3.05, 3.63) is 48.0 Å². The minimum atomic E-state index is -1.50. The molecule has 2 atom stereocenters. The zero-order valence-electron chi connectivity index (χ0n) is 11.8. The first-order chi connectivity index (χ1) is 9.88. The Bertz CT molecular complexity index is 565. The second kappa shape index (κ2) is 5.69. The summed E-state index contributed by atoms with van der Waals surface area (Å²) in [5.41, 5.74) is -1.88. The molecule has 5 heteroatoms. The first kappa shape index (κ1) is 15.3. The minimum absolute atomic E-state index is 0.0893. The van der Waals surface area contributed by atoms with Gasteiger partial charge in [-0.15, -0.1) is 0 Å². The summed E-state index contributed by atoms with van der Waals surface area (Å²) < 4.78 is 5.65. The highest BCUT2D eigenvalue weighted by Gasteiger charge is 2.49. The summed E-state index contributed by atoms with van der Waals surface area (Å²) >= 11 is 0. The molecule has 2 N–H and O–H groups in total. The molecule has 5 nitrogen and oxygen atoms in total. The maximum atomic E-state index is 11.7. The van der Waals surface area contributed by atoms with Crippen LogP contribution in [0.5, 0.6) is 0 Å². The van der Waals surface area contributed by atoms with Gasteiger partial charge in [-0.2, -0.15) is 0 Å². The van der Waals surface area contributed by atoms with Crippen LogP contribution in [0.25, 0.3) is 0 Å². The fraction of sp³-hybridized carbons (Fsp3) is 0.375. The van der Waals surface area contributed by atoms with Gasteiger partial charge in [0, 0.05) is 12.8 Å². The number of carboxylic acid groups (broad SMARTS) is 2. The van der Waals surface area contributed by atoms with Crippen LogP contribution in [0.3, 0.4) is 0 Å². The van der Waals surface area contributed by atoms with Crippen molar-refractivity contribution in [3.63, 3.8) is 0 Å². The highest BCUT2D eigenvalue weighted by molar-refractivity contribution is 5.83. The van der Waals surface area contributed by atoms with Crippen molar-refractivity contribution in [2.24, 2.45) is 5.41 Å². The molecule has 0 bridgehead atoms. The Hall–Kier alpha value is -2.14. The van der Waals surface area contributed by atoms with E-state index >= 15 is 0 Å². The number of benzene rings is 1. The molecule has 1 aliphatic carbocycles. The van der Waals surface area contributed by atoms with Crippen LogP contribution in [0.15, 0.2) is 42.5 Å². The van der Waals surface area contributed by atoms with Gasteiger partial charge in [0.25, 0.3) is 0 Å². The predicted octanol–water partition coefficient (Wildman–Crippen LogP) is 2.47. The molecule has 0 saturated carbocycles. The standard InChI is InChI=1S/C16H18O5/c1-15(13(17)18)8-5-9-16(11-15,14(19)20)21-10-12-6-3-2-4-7-12/h2-8H,9-11H2,1H3,(H,17,18)(H,19,20). The molecule has 1 aliphatic rings. The van der Waals surface area contributed by atoms with E-state index in [1.165, 1.54) is 6.92 Å². The van der Waals surface area contributed by atoms with Crippen LogP contribution in [-0.4, -0.2) is 27.8 Å². The quantitative estimate of drug-likeness (QED) is 0.814. The molecular formula is C16H18O5. The van der Waals surface area contributed by atoms with Crippen molar-refractivity contribution < 1.29 is 24.5 Å². The van der Waals surface area contributed by atoms with Crippen LogP contribution in [-0.2, 0) is 20.9 Å². The summed E-state index contributed by atoms with van der Waals surface area (Å²) in [6, 6.07) is 9.22. The van der Waals surface area contributed by atoms with Gasteiger partial charge in [0.2, 0.25) is 0 Å². The van der Waals surface area contributed by atoms with Crippen molar-refractivity contribution in [1.29, 1.82) is 0 Å². The number of hydrogen-bond acceptors (Lipinski definition) is 3. The van der Waals surface area contributed by atoms with E-state index in [0.717, 1.165) is 5.56 Å². The Kier molecular flexibility index (Phi) is 4.14. The average Bonchev–Trinajstić information content (AvgIpc) is 2.46. The largest absolute Gasteiger partial charge is 0.481 e. The van der Waals surface area contributed by atoms with E-state index in [4.69, 9.17) is 4.74 Å². The number of rotatable bonds is 5. The lowest BCUT2D eigenvalue weighted by atomic mass is 9.73. The highest BCUT2D eigenvalue weighted by atomic mass is 16.5. The van der Waals surface area contributed by atoms with Crippen LogP contribution in [0.2, 0.25) is 0 Å². The topological polar surface area (TPSA) is 83.8 Å². The van der Waals surface area contributed by atoms with Gasteiger partial charge in [-0.25, -0.2) is 4.79 Å². The molecular weight excluding hydrogens is 272 g/mol. The van der Waals surface area contributed by atoms with E-state index in [-0.39, 0.29) is 19.4 Å². The van der Waals surface area contributed by atoms with Gasteiger partial charge in [0.15, 0.2) is 5.60 Å². The van der Waals surface area contributed by atoms with E-state index in [0.29, 0.717) is 0 Å². The van der Waals surface area contributed by atoms with Gasteiger partial charge < -0.3 is 14.9 Å². The third-order valence-corrected chi connectivity index (χ3v) is 3.82. The van der Waals surface area contributed by atoms with E-state index in [9.17, 15) is 19.8 Å². The fourth-order valence-electron chi connectivity index (χ4n) is 2.51. The molecule has 0 spiro atoms. The number of carbonyl (C=O) groups is 2.